The van der Waals surface area contributed by atoms with Crippen molar-refractivity contribution in [1.29, 1.82) is 0 Å². The maximum atomic E-state index is 3.77. The Kier molecular flexibility index (Phi) is 3.54. The van der Waals surface area contributed by atoms with Crippen LogP contribution in [0, 0.1) is 5.41 Å². The number of hydrogen-bond donors (Lipinski definition) is 0. The molecule has 0 amide bonds. The Labute approximate surface area is 117 Å². The zero-order chi connectivity index (χ0) is 11.7. The lowest BCUT2D eigenvalue weighted by Gasteiger charge is -2.29. The van der Waals surface area contributed by atoms with Crippen LogP contribution >= 0.6 is 27.7 Å². The summed E-state index contributed by atoms with van der Waals surface area (Å²) in [6.07, 6.45) is 7.13. The minimum absolute atomic E-state index is 0.600. The maximum Gasteiger partial charge on any atom is 0.0107 e. The monoisotopic (exact) mass is 310 g/mol. The zero-order valence-electron chi connectivity index (χ0n) is 10.1. The van der Waals surface area contributed by atoms with Crippen LogP contribution in [0.3, 0.4) is 0 Å². The van der Waals surface area contributed by atoms with Crippen molar-refractivity contribution >= 4 is 27.7 Å². The minimum atomic E-state index is 0.600. The molecule has 1 fully saturated rings. The second-order valence-electron chi connectivity index (χ2n) is 5.59. The molecule has 0 bridgehead atoms. The average Bonchev–Trinajstić information content (AvgIpc) is 2.99. The van der Waals surface area contributed by atoms with Crippen molar-refractivity contribution < 1.29 is 0 Å². The van der Waals surface area contributed by atoms with Gasteiger partial charge in [0, 0.05) is 16.0 Å². The van der Waals surface area contributed by atoms with Crippen molar-refractivity contribution in [3.8, 4) is 0 Å². The Morgan fingerprint density at radius 2 is 2.00 bits per heavy atom. The van der Waals surface area contributed by atoms with E-state index in [-0.39, 0.29) is 0 Å². The predicted molar refractivity (Wildman–Crippen MR) is 79.2 cm³/mol. The van der Waals surface area contributed by atoms with Crippen LogP contribution in [0.1, 0.15) is 43.6 Å². The van der Waals surface area contributed by atoms with Crippen LogP contribution in [0.4, 0.5) is 0 Å². The molecule has 0 spiro atoms. The highest BCUT2D eigenvalue weighted by molar-refractivity contribution is 9.09. The molecule has 2 heteroatoms. The molecule has 1 unspecified atom stereocenters. The summed E-state index contributed by atoms with van der Waals surface area (Å²) in [4.78, 5) is 1.53. The van der Waals surface area contributed by atoms with E-state index in [9.17, 15) is 0 Å². The summed E-state index contributed by atoms with van der Waals surface area (Å²) in [7, 11) is 0. The third kappa shape index (κ3) is 2.31. The summed E-state index contributed by atoms with van der Waals surface area (Å²) in [5.74, 6) is 2.10. The van der Waals surface area contributed by atoms with Crippen molar-refractivity contribution in [3.63, 3.8) is 0 Å². The molecular formula is C15H19BrS. The number of alkyl halides is 1. The largest absolute Gasteiger partial charge is 0.125 e. The predicted octanol–water partition coefficient (Wildman–Crippen LogP) is 5.22. The van der Waals surface area contributed by atoms with Crippen molar-refractivity contribution in [3.05, 3.63) is 29.8 Å². The van der Waals surface area contributed by atoms with Gasteiger partial charge in [-0.25, -0.2) is 0 Å². The van der Waals surface area contributed by atoms with Gasteiger partial charge in [-0.05, 0) is 42.2 Å². The van der Waals surface area contributed by atoms with Gasteiger partial charge in [0.05, 0.1) is 0 Å². The Hall–Kier alpha value is 0.0500. The van der Waals surface area contributed by atoms with Crippen molar-refractivity contribution in [2.75, 3.05) is 11.1 Å². The highest BCUT2D eigenvalue weighted by atomic mass is 79.9. The first-order valence-corrected chi connectivity index (χ1v) is 8.71. The molecule has 0 radical (unpaired) electrons. The van der Waals surface area contributed by atoms with E-state index in [0.717, 1.165) is 5.92 Å². The van der Waals surface area contributed by atoms with Gasteiger partial charge in [0.25, 0.3) is 0 Å². The van der Waals surface area contributed by atoms with Crippen LogP contribution in [0.15, 0.2) is 29.2 Å². The summed E-state index contributed by atoms with van der Waals surface area (Å²) in [5.41, 5.74) is 2.22. The molecule has 1 aliphatic carbocycles. The van der Waals surface area contributed by atoms with Gasteiger partial charge in [-0.15, -0.1) is 11.8 Å². The topological polar surface area (TPSA) is 0 Å². The van der Waals surface area contributed by atoms with E-state index in [2.05, 4.69) is 52.0 Å². The third-order valence-corrected chi connectivity index (χ3v) is 6.87. The lowest BCUT2D eigenvalue weighted by Crippen LogP contribution is -2.21. The fraction of sp³-hybridized carbons (Fsp3) is 0.600. The highest BCUT2D eigenvalue weighted by Crippen LogP contribution is 2.50. The van der Waals surface area contributed by atoms with Crippen LogP contribution in [0.2, 0.25) is 0 Å². The molecule has 92 valence electrons. The van der Waals surface area contributed by atoms with Gasteiger partial charge in [0.2, 0.25) is 0 Å². The van der Waals surface area contributed by atoms with E-state index in [1.165, 1.54) is 48.1 Å². The van der Waals surface area contributed by atoms with Gasteiger partial charge in [0.1, 0.15) is 0 Å². The summed E-state index contributed by atoms with van der Waals surface area (Å²) >= 11 is 5.83. The van der Waals surface area contributed by atoms with Gasteiger partial charge in [-0.3, -0.25) is 0 Å². The smallest absolute Gasteiger partial charge is 0.0107 e. The van der Waals surface area contributed by atoms with E-state index in [1.807, 2.05) is 0 Å². The van der Waals surface area contributed by atoms with Crippen molar-refractivity contribution in [2.24, 2.45) is 5.41 Å². The van der Waals surface area contributed by atoms with E-state index in [4.69, 9.17) is 0 Å². The quantitative estimate of drug-likeness (QED) is 0.690. The zero-order valence-corrected chi connectivity index (χ0v) is 12.5. The number of fused-ring (bicyclic) bond motifs is 1. The molecule has 1 aromatic carbocycles. The molecule has 1 atom stereocenters. The van der Waals surface area contributed by atoms with E-state index < -0.39 is 0 Å². The van der Waals surface area contributed by atoms with Gasteiger partial charge in [-0.2, -0.15) is 0 Å². The Bertz CT molecular complexity index is 396. The summed E-state index contributed by atoms with van der Waals surface area (Å²) < 4.78 is 0. The first-order chi connectivity index (χ1) is 8.33. The molecule has 0 aromatic heterocycles. The van der Waals surface area contributed by atoms with E-state index in [0.29, 0.717) is 5.41 Å². The number of thioether (sulfide) groups is 1. The summed E-state index contributed by atoms with van der Waals surface area (Å²) in [5, 5.41) is 1.20. The van der Waals surface area contributed by atoms with Crippen LogP contribution in [-0.4, -0.2) is 11.1 Å². The molecule has 1 saturated carbocycles. The molecule has 0 nitrogen and oxygen atoms in total. The second kappa shape index (κ2) is 4.97. The standard InChI is InChI=1S/C15H19BrS/c16-11-15(7-3-4-8-15)9-12-10-17-14-6-2-1-5-13(12)14/h1-2,5-6,12H,3-4,7-11H2. The fourth-order valence-electron chi connectivity index (χ4n) is 3.44. The first kappa shape index (κ1) is 12.1. The number of benzene rings is 1. The molecule has 0 N–H and O–H groups in total. The van der Waals surface area contributed by atoms with Gasteiger partial charge in [-0.1, -0.05) is 47.0 Å². The lowest BCUT2D eigenvalue weighted by atomic mass is 9.78. The first-order valence-electron chi connectivity index (χ1n) is 6.61. The Balaban J connectivity index is 1.79. The van der Waals surface area contributed by atoms with Gasteiger partial charge >= 0.3 is 0 Å². The molecule has 1 aromatic rings. The third-order valence-electron chi connectivity index (χ3n) is 4.43. The molecule has 2 aliphatic rings. The Morgan fingerprint density at radius 3 is 2.76 bits per heavy atom. The number of rotatable bonds is 3. The average molecular weight is 311 g/mol. The van der Waals surface area contributed by atoms with Crippen LogP contribution in [-0.2, 0) is 0 Å². The van der Waals surface area contributed by atoms with Crippen molar-refractivity contribution in [2.45, 2.75) is 42.9 Å². The number of halogens is 1. The summed E-state index contributed by atoms with van der Waals surface area (Å²) in [6, 6.07) is 9.00. The molecule has 1 heterocycles. The highest BCUT2D eigenvalue weighted by Gasteiger charge is 2.37. The SMILES string of the molecule is BrCC1(CC2CSc3ccccc32)CCCC1. The van der Waals surface area contributed by atoms with Crippen molar-refractivity contribution in [1.82, 2.24) is 0 Å². The minimum Gasteiger partial charge on any atom is -0.125 e. The summed E-state index contributed by atoms with van der Waals surface area (Å²) in [6.45, 7) is 0. The second-order valence-corrected chi connectivity index (χ2v) is 7.21. The molecule has 3 rings (SSSR count). The molecular weight excluding hydrogens is 292 g/mol. The number of hydrogen-bond acceptors (Lipinski definition) is 1. The van der Waals surface area contributed by atoms with Crippen LogP contribution in [0.25, 0.3) is 0 Å². The van der Waals surface area contributed by atoms with Gasteiger partial charge in [0.15, 0.2) is 0 Å². The lowest BCUT2D eigenvalue weighted by molar-refractivity contribution is 0.299. The molecule has 17 heavy (non-hydrogen) atoms. The normalized spacial score (nSPS) is 26.1. The Morgan fingerprint density at radius 1 is 1.24 bits per heavy atom. The van der Waals surface area contributed by atoms with E-state index >= 15 is 0 Å². The molecule has 1 aliphatic heterocycles. The van der Waals surface area contributed by atoms with E-state index in [1.54, 1.807) is 5.56 Å². The fourth-order valence-corrected chi connectivity index (χ4v) is 5.48. The molecule has 0 saturated heterocycles. The maximum absolute atomic E-state index is 3.77. The van der Waals surface area contributed by atoms with Crippen LogP contribution < -0.4 is 0 Å². The van der Waals surface area contributed by atoms with Gasteiger partial charge < -0.3 is 0 Å². The van der Waals surface area contributed by atoms with Crippen LogP contribution in [0.5, 0.6) is 0 Å².